The molecule has 8 heteroatoms. The highest BCUT2D eigenvalue weighted by atomic mass is 32.2. The van der Waals surface area contributed by atoms with Gasteiger partial charge in [-0.15, -0.1) is 0 Å². The predicted octanol–water partition coefficient (Wildman–Crippen LogP) is 2.97. The maximum atomic E-state index is 11.5. The largest absolute Gasteiger partial charge is 0.323 e. The molecule has 0 amide bonds. The standard InChI is InChI=1S/C21H17N5O2S/c1-14-25-19-12-24-18(11-22)20(16-5-3-2-4-6-16)21(19)26(14)13-15-7-9-17(10-8-15)29(23,27)28/h2-10,12H,13H2,1H3,(H2,23,27,28). The number of hydrogen-bond acceptors (Lipinski definition) is 5. The van der Waals surface area contributed by atoms with Crippen molar-refractivity contribution in [2.24, 2.45) is 5.14 Å². The van der Waals surface area contributed by atoms with Crippen molar-refractivity contribution < 1.29 is 8.42 Å². The molecule has 0 aliphatic heterocycles. The molecule has 4 rings (SSSR count). The second kappa shape index (κ2) is 7.13. The van der Waals surface area contributed by atoms with Gasteiger partial charge in [-0.25, -0.2) is 23.5 Å². The molecule has 0 fully saturated rings. The molecule has 0 radical (unpaired) electrons. The van der Waals surface area contributed by atoms with E-state index in [4.69, 9.17) is 5.14 Å². The van der Waals surface area contributed by atoms with E-state index in [2.05, 4.69) is 16.0 Å². The van der Waals surface area contributed by atoms with Crippen LogP contribution in [0.4, 0.5) is 0 Å². The van der Waals surface area contributed by atoms with Crippen LogP contribution in [0.2, 0.25) is 0 Å². The second-order valence-corrected chi connectivity index (χ2v) is 8.19. The number of hydrogen-bond donors (Lipinski definition) is 1. The number of imidazole rings is 1. The van der Waals surface area contributed by atoms with Gasteiger partial charge in [-0.3, -0.25) is 0 Å². The minimum absolute atomic E-state index is 0.0643. The van der Waals surface area contributed by atoms with Crippen molar-refractivity contribution in [2.75, 3.05) is 0 Å². The van der Waals surface area contributed by atoms with Gasteiger partial charge in [0.2, 0.25) is 10.0 Å². The monoisotopic (exact) mass is 403 g/mol. The van der Waals surface area contributed by atoms with Crippen LogP contribution < -0.4 is 5.14 Å². The van der Waals surface area contributed by atoms with Gasteiger partial charge in [-0.05, 0) is 30.2 Å². The minimum atomic E-state index is -3.74. The van der Waals surface area contributed by atoms with Crippen LogP contribution in [0.25, 0.3) is 22.2 Å². The summed E-state index contributed by atoms with van der Waals surface area (Å²) < 4.78 is 25.0. The maximum absolute atomic E-state index is 11.5. The number of rotatable bonds is 4. The number of fused-ring (bicyclic) bond motifs is 1. The molecule has 0 unspecified atom stereocenters. The third-order valence-electron chi connectivity index (χ3n) is 4.74. The first-order chi connectivity index (χ1) is 13.9. The first kappa shape index (κ1) is 18.8. The topological polar surface area (TPSA) is 115 Å². The summed E-state index contributed by atoms with van der Waals surface area (Å²) in [4.78, 5) is 8.95. The van der Waals surface area contributed by atoms with Crippen molar-refractivity contribution in [3.63, 3.8) is 0 Å². The van der Waals surface area contributed by atoms with Crippen LogP contribution >= 0.6 is 0 Å². The lowest BCUT2D eigenvalue weighted by Gasteiger charge is -2.12. The Bertz CT molecular complexity index is 1350. The normalized spacial score (nSPS) is 11.5. The van der Waals surface area contributed by atoms with Gasteiger partial charge in [0.1, 0.15) is 17.4 Å². The fourth-order valence-electron chi connectivity index (χ4n) is 3.37. The van der Waals surface area contributed by atoms with Crippen LogP contribution in [0.3, 0.4) is 0 Å². The first-order valence-corrected chi connectivity index (χ1v) is 10.4. The molecule has 2 aromatic carbocycles. The zero-order valence-electron chi connectivity index (χ0n) is 15.6. The molecule has 0 saturated heterocycles. The van der Waals surface area contributed by atoms with Gasteiger partial charge in [0, 0.05) is 12.1 Å². The highest BCUT2D eigenvalue weighted by Gasteiger charge is 2.18. The van der Waals surface area contributed by atoms with Gasteiger partial charge in [0.15, 0.2) is 5.69 Å². The van der Waals surface area contributed by atoms with Crippen molar-refractivity contribution in [1.82, 2.24) is 14.5 Å². The number of nitrogens with two attached hydrogens (primary N) is 1. The Balaban J connectivity index is 1.89. The fourth-order valence-corrected chi connectivity index (χ4v) is 3.88. The van der Waals surface area contributed by atoms with E-state index in [1.54, 1.807) is 18.3 Å². The van der Waals surface area contributed by atoms with Gasteiger partial charge in [0.05, 0.1) is 16.6 Å². The molecule has 29 heavy (non-hydrogen) atoms. The molecule has 144 valence electrons. The number of pyridine rings is 1. The summed E-state index contributed by atoms with van der Waals surface area (Å²) in [6.45, 7) is 2.35. The van der Waals surface area contributed by atoms with Crippen LogP contribution in [0.1, 0.15) is 17.1 Å². The first-order valence-electron chi connectivity index (χ1n) is 8.81. The highest BCUT2D eigenvalue weighted by Crippen LogP contribution is 2.32. The summed E-state index contributed by atoms with van der Waals surface area (Å²) in [5.74, 6) is 0.768. The molecule has 0 spiro atoms. The Kier molecular flexibility index (Phi) is 4.62. The average molecular weight is 403 g/mol. The number of aryl methyl sites for hydroxylation is 1. The molecule has 2 N–H and O–H groups in total. The van der Waals surface area contributed by atoms with E-state index in [0.29, 0.717) is 17.8 Å². The lowest BCUT2D eigenvalue weighted by atomic mass is 10.0. The van der Waals surface area contributed by atoms with Crippen molar-refractivity contribution in [2.45, 2.75) is 18.4 Å². The third-order valence-corrected chi connectivity index (χ3v) is 5.67. The number of nitriles is 1. The number of primary sulfonamides is 1. The van der Waals surface area contributed by atoms with E-state index in [0.717, 1.165) is 28.0 Å². The minimum Gasteiger partial charge on any atom is -0.323 e. The van der Waals surface area contributed by atoms with Gasteiger partial charge >= 0.3 is 0 Å². The van der Waals surface area contributed by atoms with Crippen LogP contribution in [-0.2, 0) is 16.6 Å². The molecule has 0 atom stereocenters. The summed E-state index contributed by atoms with van der Waals surface area (Å²) in [7, 11) is -3.74. The van der Waals surface area contributed by atoms with Gasteiger partial charge in [-0.1, -0.05) is 42.5 Å². The van der Waals surface area contributed by atoms with Crippen LogP contribution in [0.5, 0.6) is 0 Å². The lowest BCUT2D eigenvalue weighted by Crippen LogP contribution is -2.12. The van der Waals surface area contributed by atoms with Crippen molar-refractivity contribution in [1.29, 1.82) is 5.26 Å². The van der Waals surface area contributed by atoms with E-state index in [-0.39, 0.29) is 4.90 Å². The predicted molar refractivity (Wildman–Crippen MR) is 109 cm³/mol. The SMILES string of the molecule is Cc1nc2cnc(C#N)c(-c3ccccc3)c2n1Cc1ccc(S(N)(=O)=O)cc1. The zero-order valence-corrected chi connectivity index (χ0v) is 16.4. The lowest BCUT2D eigenvalue weighted by molar-refractivity contribution is 0.597. The van der Waals surface area contributed by atoms with Gasteiger partial charge < -0.3 is 4.57 Å². The molecule has 0 aliphatic rings. The van der Waals surface area contributed by atoms with E-state index in [1.165, 1.54) is 12.1 Å². The summed E-state index contributed by atoms with van der Waals surface area (Å²) in [5.41, 5.74) is 4.33. The Hall–Kier alpha value is -3.54. The van der Waals surface area contributed by atoms with Gasteiger partial charge in [-0.2, -0.15) is 5.26 Å². The van der Waals surface area contributed by atoms with E-state index in [1.807, 2.05) is 41.8 Å². The van der Waals surface area contributed by atoms with Gasteiger partial charge in [0.25, 0.3) is 0 Å². The molecule has 0 saturated carbocycles. The van der Waals surface area contributed by atoms with Crippen LogP contribution in [0.15, 0.2) is 65.7 Å². The fraction of sp³-hybridized carbons (Fsp3) is 0.0952. The molecule has 4 aromatic rings. The summed E-state index contributed by atoms with van der Waals surface area (Å²) >= 11 is 0. The van der Waals surface area contributed by atoms with Crippen LogP contribution in [-0.4, -0.2) is 23.0 Å². The number of benzene rings is 2. The van der Waals surface area contributed by atoms with Crippen molar-refractivity contribution in [3.05, 3.63) is 77.9 Å². The zero-order chi connectivity index (χ0) is 20.6. The number of sulfonamides is 1. The highest BCUT2D eigenvalue weighted by molar-refractivity contribution is 7.89. The molecule has 0 aliphatic carbocycles. The Morgan fingerprint density at radius 1 is 1.10 bits per heavy atom. The smallest absolute Gasteiger partial charge is 0.238 e. The second-order valence-electron chi connectivity index (χ2n) is 6.63. The summed E-state index contributed by atoms with van der Waals surface area (Å²) in [5, 5.41) is 14.8. The summed E-state index contributed by atoms with van der Waals surface area (Å²) in [6.07, 6.45) is 1.61. The molecule has 7 nitrogen and oxygen atoms in total. The molecular formula is C21H17N5O2S. The quantitative estimate of drug-likeness (QED) is 0.562. The van der Waals surface area contributed by atoms with E-state index < -0.39 is 10.0 Å². The molecule has 2 aromatic heterocycles. The molecule has 2 heterocycles. The van der Waals surface area contributed by atoms with Crippen molar-refractivity contribution in [3.8, 4) is 17.2 Å². The Labute approximate surface area is 168 Å². The number of nitrogens with zero attached hydrogens (tertiary/aromatic N) is 4. The molecular weight excluding hydrogens is 386 g/mol. The van der Waals surface area contributed by atoms with E-state index in [9.17, 15) is 13.7 Å². The molecule has 0 bridgehead atoms. The summed E-state index contributed by atoms with van der Waals surface area (Å²) in [6, 6.07) is 18.2. The number of aromatic nitrogens is 3. The Morgan fingerprint density at radius 2 is 1.79 bits per heavy atom. The van der Waals surface area contributed by atoms with Crippen LogP contribution in [0, 0.1) is 18.3 Å². The third kappa shape index (κ3) is 3.49. The maximum Gasteiger partial charge on any atom is 0.238 e. The average Bonchev–Trinajstić information content (AvgIpc) is 3.03. The van der Waals surface area contributed by atoms with E-state index >= 15 is 0 Å². The van der Waals surface area contributed by atoms with Crippen molar-refractivity contribution >= 4 is 21.1 Å². The Morgan fingerprint density at radius 3 is 2.41 bits per heavy atom.